The van der Waals surface area contributed by atoms with Crippen molar-refractivity contribution in [1.82, 2.24) is 4.90 Å². The van der Waals surface area contributed by atoms with Crippen LogP contribution in [-0.4, -0.2) is 28.6 Å². The lowest BCUT2D eigenvalue weighted by Gasteiger charge is -2.35. The van der Waals surface area contributed by atoms with Crippen LogP contribution in [0, 0.1) is 0 Å². The van der Waals surface area contributed by atoms with Gasteiger partial charge in [0, 0.05) is 12.6 Å². The van der Waals surface area contributed by atoms with Crippen molar-refractivity contribution in [1.29, 1.82) is 0 Å². The van der Waals surface area contributed by atoms with Crippen LogP contribution in [0.1, 0.15) is 36.8 Å². The molecule has 1 heterocycles. The lowest BCUT2D eigenvalue weighted by molar-refractivity contribution is -0.139. The Labute approximate surface area is 121 Å². The second kappa shape index (κ2) is 6.47. The third kappa shape index (κ3) is 4.46. The Kier molecular flexibility index (Phi) is 4.88. The number of carboxylic acid groups (broad SMARTS) is 1. The molecule has 1 aliphatic heterocycles. The molecular weight excluding hydrogens is 283 g/mol. The number of carboxylic acids is 1. The molecule has 1 fully saturated rings. The van der Waals surface area contributed by atoms with E-state index in [0.717, 1.165) is 43.5 Å². The van der Waals surface area contributed by atoms with Crippen LogP contribution in [-0.2, 0) is 17.5 Å². The molecule has 0 amide bonds. The van der Waals surface area contributed by atoms with Gasteiger partial charge in [-0.2, -0.15) is 13.2 Å². The van der Waals surface area contributed by atoms with Gasteiger partial charge in [0.25, 0.3) is 0 Å². The molecule has 1 aromatic carbocycles. The van der Waals surface area contributed by atoms with Crippen LogP contribution in [0.15, 0.2) is 24.3 Å². The lowest BCUT2D eigenvalue weighted by atomic mass is 9.98. The van der Waals surface area contributed by atoms with Crippen molar-refractivity contribution in [3.05, 3.63) is 35.4 Å². The van der Waals surface area contributed by atoms with Gasteiger partial charge in [-0.1, -0.05) is 18.6 Å². The zero-order valence-corrected chi connectivity index (χ0v) is 11.6. The molecule has 3 nitrogen and oxygen atoms in total. The van der Waals surface area contributed by atoms with Gasteiger partial charge in [-0.05, 0) is 37.1 Å². The van der Waals surface area contributed by atoms with Crippen molar-refractivity contribution in [2.45, 2.75) is 44.4 Å². The van der Waals surface area contributed by atoms with Crippen molar-refractivity contribution in [3.8, 4) is 0 Å². The van der Waals surface area contributed by atoms with Crippen molar-refractivity contribution >= 4 is 5.97 Å². The maximum Gasteiger partial charge on any atom is 0.416 e. The quantitative estimate of drug-likeness (QED) is 0.925. The topological polar surface area (TPSA) is 40.5 Å². The van der Waals surface area contributed by atoms with E-state index in [1.54, 1.807) is 0 Å². The lowest BCUT2D eigenvalue weighted by Crippen LogP contribution is -2.40. The zero-order chi connectivity index (χ0) is 15.5. The van der Waals surface area contributed by atoms with Crippen LogP contribution in [0.3, 0.4) is 0 Å². The summed E-state index contributed by atoms with van der Waals surface area (Å²) >= 11 is 0. The van der Waals surface area contributed by atoms with Gasteiger partial charge in [0.2, 0.25) is 0 Å². The molecule has 1 atom stereocenters. The smallest absolute Gasteiger partial charge is 0.416 e. The fourth-order valence-corrected chi connectivity index (χ4v) is 2.73. The molecule has 0 spiro atoms. The van der Waals surface area contributed by atoms with E-state index in [2.05, 4.69) is 4.90 Å². The van der Waals surface area contributed by atoms with Gasteiger partial charge >= 0.3 is 12.1 Å². The Bertz CT molecular complexity index is 485. The number of hydrogen-bond donors (Lipinski definition) is 1. The summed E-state index contributed by atoms with van der Waals surface area (Å²) in [5, 5.41) is 8.92. The second-order valence-corrected chi connectivity index (χ2v) is 5.41. The Hall–Kier alpha value is -1.56. The molecule has 6 heteroatoms. The van der Waals surface area contributed by atoms with Crippen LogP contribution in [0.2, 0.25) is 0 Å². The summed E-state index contributed by atoms with van der Waals surface area (Å²) in [6, 6.07) is 5.06. The fourth-order valence-electron chi connectivity index (χ4n) is 2.73. The molecule has 116 valence electrons. The van der Waals surface area contributed by atoms with E-state index in [9.17, 15) is 18.0 Å². The van der Waals surface area contributed by atoms with Crippen molar-refractivity contribution in [2.24, 2.45) is 0 Å². The summed E-state index contributed by atoms with van der Waals surface area (Å²) in [5.74, 6) is -0.834. The van der Waals surface area contributed by atoms with Gasteiger partial charge in [-0.3, -0.25) is 9.69 Å². The number of benzene rings is 1. The van der Waals surface area contributed by atoms with E-state index in [-0.39, 0.29) is 12.5 Å². The molecule has 21 heavy (non-hydrogen) atoms. The molecule has 1 unspecified atom stereocenters. The number of alkyl halides is 3. The average Bonchev–Trinajstić information content (AvgIpc) is 2.40. The van der Waals surface area contributed by atoms with E-state index < -0.39 is 17.7 Å². The molecule has 2 rings (SSSR count). The van der Waals surface area contributed by atoms with E-state index >= 15 is 0 Å². The fraction of sp³-hybridized carbons (Fsp3) is 0.533. The van der Waals surface area contributed by atoms with Crippen LogP contribution < -0.4 is 0 Å². The Balaban J connectivity index is 2.03. The number of nitrogens with zero attached hydrogens (tertiary/aromatic N) is 1. The van der Waals surface area contributed by atoms with Crippen LogP contribution in [0.4, 0.5) is 13.2 Å². The van der Waals surface area contributed by atoms with Gasteiger partial charge in [0.1, 0.15) is 0 Å². The highest BCUT2D eigenvalue weighted by atomic mass is 19.4. The summed E-state index contributed by atoms with van der Waals surface area (Å²) in [4.78, 5) is 12.9. The molecule has 0 saturated carbocycles. The molecule has 1 saturated heterocycles. The van der Waals surface area contributed by atoms with Gasteiger partial charge < -0.3 is 5.11 Å². The number of hydrogen-bond acceptors (Lipinski definition) is 2. The number of rotatable bonds is 4. The Morgan fingerprint density at radius 3 is 2.48 bits per heavy atom. The van der Waals surface area contributed by atoms with Crippen LogP contribution in [0.25, 0.3) is 0 Å². The van der Waals surface area contributed by atoms with Crippen molar-refractivity contribution < 1.29 is 23.1 Å². The minimum absolute atomic E-state index is 0.0291. The maximum atomic E-state index is 12.5. The Morgan fingerprint density at radius 2 is 1.90 bits per heavy atom. The van der Waals surface area contributed by atoms with Crippen molar-refractivity contribution in [2.75, 3.05) is 6.54 Å². The van der Waals surface area contributed by atoms with Crippen LogP contribution >= 0.6 is 0 Å². The molecule has 1 aromatic rings. The Morgan fingerprint density at radius 1 is 1.24 bits per heavy atom. The standard InChI is InChI=1S/C15H18F3NO2/c16-15(17,18)12-6-4-11(5-7-12)10-19-8-2-1-3-13(19)9-14(20)21/h4-7,13H,1-3,8-10H2,(H,20,21). The van der Waals surface area contributed by atoms with E-state index in [4.69, 9.17) is 5.11 Å². The van der Waals surface area contributed by atoms with E-state index in [1.165, 1.54) is 12.1 Å². The number of halogens is 3. The first-order valence-corrected chi connectivity index (χ1v) is 6.98. The molecule has 0 aliphatic carbocycles. The van der Waals surface area contributed by atoms with Gasteiger partial charge in [0.15, 0.2) is 0 Å². The van der Waals surface area contributed by atoms with Crippen molar-refractivity contribution in [3.63, 3.8) is 0 Å². The van der Waals surface area contributed by atoms with E-state index in [0.29, 0.717) is 6.54 Å². The molecule has 0 radical (unpaired) electrons. The molecule has 0 aromatic heterocycles. The normalized spacial score (nSPS) is 20.4. The molecule has 0 bridgehead atoms. The monoisotopic (exact) mass is 301 g/mol. The van der Waals surface area contributed by atoms with Gasteiger partial charge in [0.05, 0.1) is 12.0 Å². The average molecular weight is 301 g/mol. The minimum Gasteiger partial charge on any atom is -0.481 e. The summed E-state index contributed by atoms with van der Waals surface area (Å²) in [5.41, 5.74) is 0.118. The second-order valence-electron chi connectivity index (χ2n) is 5.41. The third-order valence-corrected chi connectivity index (χ3v) is 3.83. The predicted molar refractivity (Wildman–Crippen MR) is 71.7 cm³/mol. The zero-order valence-electron chi connectivity index (χ0n) is 11.6. The molecule has 1 N–H and O–H groups in total. The predicted octanol–water partition coefficient (Wildman–Crippen LogP) is 3.53. The number of aliphatic carboxylic acids is 1. The highest BCUT2D eigenvalue weighted by Crippen LogP contribution is 2.29. The number of carbonyl (C=O) groups is 1. The van der Waals surface area contributed by atoms with Gasteiger partial charge in [-0.15, -0.1) is 0 Å². The third-order valence-electron chi connectivity index (χ3n) is 3.83. The van der Waals surface area contributed by atoms with Crippen LogP contribution in [0.5, 0.6) is 0 Å². The molecule has 1 aliphatic rings. The number of likely N-dealkylation sites (tertiary alicyclic amines) is 1. The molecular formula is C15H18F3NO2. The first-order valence-electron chi connectivity index (χ1n) is 6.98. The summed E-state index contributed by atoms with van der Waals surface area (Å²) in [7, 11) is 0. The summed E-state index contributed by atoms with van der Waals surface area (Å²) in [6.45, 7) is 1.29. The van der Waals surface area contributed by atoms with E-state index in [1.807, 2.05) is 0 Å². The SMILES string of the molecule is O=C(O)CC1CCCCN1Cc1ccc(C(F)(F)F)cc1. The maximum absolute atomic E-state index is 12.5. The first-order chi connectivity index (χ1) is 9.86. The highest BCUT2D eigenvalue weighted by Gasteiger charge is 2.30. The largest absolute Gasteiger partial charge is 0.481 e. The summed E-state index contributed by atoms with van der Waals surface area (Å²) in [6.07, 6.45) is -1.42. The minimum atomic E-state index is -4.32. The first kappa shape index (κ1) is 15.8. The number of piperidine rings is 1. The van der Waals surface area contributed by atoms with Gasteiger partial charge in [-0.25, -0.2) is 0 Å². The summed E-state index contributed by atoms with van der Waals surface area (Å²) < 4.78 is 37.5. The highest BCUT2D eigenvalue weighted by molar-refractivity contribution is 5.67.